The van der Waals surface area contributed by atoms with Crippen molar-refractivity contribution in [3.63, 3.8) is 0 Å². The van der Waals surface area contributed by atoms with Gasteiger partial charge >= 0.3 is 6.03 Å². The number of hydrogen-bond acceptors (Lipinski definition) is 7. The number of anilines is 1. The van der Waals surface area contributed by atoms with Crippen molar-refractivity contribution in [2.24, 2.45) is 10.7 Å². The van der Waals surface area contributed by atoms with Crippen LogP contribution in [0.5, 0.6) is 11.5 Å². The Labute approximate surface area is 189 Å². The predicted octanol–water partition coefficient (Wildman–Crippen LogP) is 2.76. The van der Waals surface area contributed by atoms with Gasteiger partial charge in [0.1, 0.15) is 17.2 Å². The first-order valence-corrected chi connectivity index (χ1v) is 10.4. The normalized spacial score (nSPS) is 15.3. The Morgan fingerprint density at radius 1 is 1.12 bits per heavy atom. The van der Waals surface area contributed by atoms with Crippen LogP contribution in [0.3, 0.4) is 0 Å². The van der Waals surface area contributed by atoms with Crippen LogP contribution < -0.4 is 25.4 Å². The number of nitrogens with one attached hydrogen (secondary N) is 1. The van der Waals surface area contributed by atoms with Crippen LogP contribution in [0.15, 0.2) is 59.2 Å². The molecule has 10 heteroatoms. The van der Waals surface area contributed by atoms with Crippen molar-refractivity contribution in [1.29, 1.82) is 0 Å². The van der Waals surface area contributed by atoms with E-state index in [2.05, 4.69) is 4.99 Å². The summed E-state index contributed by atoms with van der Waals surface area (Å²) in [6, 6.07) is 13.2. The number of methoxy groups -OCH3 is 2. The number of ether oxygens (including phenoxy) is 2. The van der Waals surface area contributed by atoms with Gasteiger partial charge in [0.05, 0.1) is 25.2 Å². The molecule has 1 aliphatic heterocycles. The molecule has 0 fully saturated rings. The molecule has 0 saturated heterocycles. The molecule has 2 aromatic rings. The number of nitrogens with two attached hydrogens (primary N) is 1. The molecule has 0 aliphatic carbocycles. The van der Waals surface area contributed by atoms with E-state index >= 15 is 0 Å². The van der Waals surface area contributed by atoms with Gasteiger partial charge < -0.3 is 15.2 Å². The third-order valence-corrected chi connectivity index (χ3v) is 5.51. The molecule has 3 N–H and O–H groups in total. The zero-order valence-electron chi connectivity index (χ0n) is 17.7. The maximum absolute atomic E-state index is 13.3. The molecule has 2 aromatic carbocycles. The highest BCUT2D eigenvalue weighted by Crippen LogP contribution is 2.33. The summed E-state index contributed by atoms with van der Waals surface area (Å²) in [4.78, 5) is 42.3. The fourth-order valence-electron chi connectivity index (χ4n) is 2.85. The third kappa shape index (κ3) is 5.27. The molecule has 1 aliphatic rings. The minimum atomic E-state index is -0.948. The standard InChI is InChI=1S/C22H22N4O5S/c1-13(19(27)25-21(23)29)32-22-24-18(11-14-7-9-16(30-2)10-8-14)20(28)26(22)15-5-4-6-17(12-15)31-3/h4-13H,1-3H3,(H3,23,25,27,29). The van der Waals surface area contributed by atoms with Gasteiger partial charge in [-0.3, -0.25) is 19.8 Å². The number of primary amides is 1. The second-order valence-corrected chi connectivity index (χ2v) is 7.96. The van der Waals surface area contributed by atoms with E-state index in [0.29, 0.717) is 17.2 Å². The monoisotopic (exact) mass is 454 g/mol. The number of thioether (sulfide) groups is 1. The second kappa shape index (κ2) is 10.0. The van der Waals surface area contributed by atoms with Gasteiger partial charge in [-0.2, -0.15) is 0 Å². The van der Waals surface area contributed by atoms with Crippen LogP contribution in [0.1, 0.15) is 12.5 Å². The number of carbonyl (C=O) groups is 3. The van der Waals surface area contributed by atoms with Gasteiger partial charge in [-0.05, 0) is 42.8 Å². The van der Waals surface area contributed by atoms with Crippen molar-refractivity contribution in [1.82, 2.24) is 5.32 Å². The number of urea groups is 1. The minimum absolute atomic E-state index is 0.197. The van der Waals surface area contributed by atoms with Crippen LogP contribution in [0.4, 0.5) is 10.5 Å². The molecule has 0 bridgehead atoms. The molecule has 3 rings (SSSR count). The van der Waals surface area contributed by atoms with Crippen LogP contribution in [-0.4, -0.2) is 42.5 Å². The van der Waals surface area contributed by atoms with E-state index < -0.39 is 17.2 Å². The Kier molecular flexibility index (Phi) is 7.16. The second-order valence-electron chi connectivity index (χ2n) is 6.65. The molecule has 0 spiro atoms. The Bertz CT molecular complexity index is 1100. The predicted molar refractivity (Wildman–Crippen MR) is 124 cm³/mol. The van der Waals surface area contributed by atoms with Crippen LogP contribution in [0.25, 0.3) is 6.08 Å². The highest BCUT2D eigenvalue weighted by Gasteiger charge is 2.34. The molecule has 32 heavy (non-hydrogen) atoms. The highest BCUT2D eigenvalue weighted by atomic mass is 32.2. The molecule has 1 unspecified atom stereocenters. The molecule has 1 heterocycles. The molecule has 0 aromatic heterocycles. The Balaban J connectivity index is 1.97. The topological polar surface area (TPSA) is 123 Å². The lowest BCUT2D eigenvalue weighted by molar-refractivity contribution is -0.119. The minimum Gasteiger partial charge on any atom is -0.497 e. The summed E-state index contributed by atoms with van der Waals surface area (Å²) in [5.74, 6) is 0.304. The fraction of sp³-hybridized carbons (Fsp3) is 0.182. The molecule has 0 radical (unpaired) electrons. The number of hydrogen-bond donors (Lipinski definition) is 2. The van der Waals surface area contributed by atoms with E-state index in [1.54, 1.807) is 68.6 Å². The summed E-state index contributed by atoms with van der Waals surface area (Å²) in [7, 11) is 3.10. The van der Waals surface area contributed by atoms with Gasteiger partial charge in [0.2, 0.25) is 5.91 Å². The van der Waals surface area contributed by atoms with Crippen molar-refractivity contribution in [3.05, 3.63) is 59.8 Å². The van der Waals surface area contributed by atoms with E-state index in [1.807, 2.05) is 5.32 Å². The number of amides is 4. The number of aliphatic imine (C=N–C) groups is 1. The van der Waals surface area contributed by atoms with Gasteiger partial charge in [-0.1, -0.05) is 30.0 Å². The van der Waals surface area contributed by atoms with Gasteiger partial charge in [-0.25, -0.2) is 9.79 Å². The van der Waals surface area contributed by atoms with Crippen LogP contribution in [-0.2, 0) is 9.59 Å². The molecule has 4 amide bonds. The number of benzene rings is 2. The largest absolute Gasteiger partial charge is 0.497 e. The van der Waals surface area contributed by atoms with Crippen LogP contribution in [0, 0.1) is 0 Å². The number of amidine groups is 1. The summed E-state index contributed by atoms with van der Waals surface area (Å²) < 4.78 is 10.4. The first-order chi connectivity index (χ1) is 15.3. The van der Waals surface area contributed by atoms with E-state index in [-0.39, 0.29) is 16.8 Å². The SMILES string of the molecule is COc1ccc(C=C2N=C(SC(C)C(=O)NC(N)=O)N(c3cccc(OC)c3)C2=O)cc1. The highest BCUT2D eigenvalue weighted by molar-refractivity contribution is 8.15. The Morgan fingerprint density at radius 3 is 2.44 bits per heavy atom. The summed E-state index contributed by atoms with van der Waals surface area (Å²) in [6.45, 7) is 1.59. The Morgan fingerprint density at radius 2 is 1.81 bits per heavy atom. The van der Waals surface area contributed by atoms with Gasteiger partial charge in [-0.15, -0.1) is 0 Å². The Hall–Kier alpha value is -3.79. The zero-order chi connectivity index (χ0) is 23.3. The maximum atomic E-state index is 13.3. The molecular formula is C22H22N4O5S. The first-order valence-electron chi connectivity index (χ1n) is 9.52. The van der Waals surface area contributed by atoms with Crippen molar-refractivity contribution in [3.8, 4) is 11.5 Å². The van der Waals surface area contributed by atoms with Crippen molar-refractivity contribution in [2.75, 3.05) is 19.1 Å². The van der Waals surface area contributed by atoms with E-state index in [0.717, 1.165) is 17.3 Å². The van der Waals surface area contributed by atoms with Crippen molar-refractivity contribution < 1.29 is 23.9 Å². The van der Waals surface area contributed by atoms with Gasteiger partial charge in [0.15, 0.2) is 5.17 Å². The number of imide groups is 1. The maximum Gasteiger partial charge on any atom is 0.318 e. The first kappa shape index (κ1) is 22.9. The average molecular weight is 455 g/mol. The fourth-order valence-corrected chi connectivity index (χ4v) is 3.77. The summed E-state index contributed by atoms with van der Waals surface area (Å²) >= 11 is 1.03. The summed E-state index contributed by atoms with van der Waals surface area (Å²) in [5, 5.41) is 1.59. The van der Waals surface area contributed by atoms with Gasteiger partial charge in [0.25, 0.3) is 5.91 Å². The van der Waals surface area contributed by atoms with E-state index in [4.69, 9.17) is 15.2 Å². The summed E-state index contributed by atoms with van der Waals surface area (Å²) in [6.07, 6.45) is 1.65. The van der Waals surface area contributed by atoms with E-state index in [9.17, 15) is 14.4 Å². The lowest BCUT2D eigenvalue weighted by Crippen LogP contribution is -2.41. The lowest BCUT2D eigenvalue weighted by Gasteiger charge is -2.20. The molecule has 1 atom stereocenters. The smallest absolute Gasteiger partial charge is 0.318 e. The number of carbonyl (C=O) groups excluding carboxylic acids is 3. The van der Waals surface area contributed by atoms with E-state index in [1.165, 1.54) is 12.0 Å². The van der Waals surface area contributed by atoms with Crippen molar-refractivity contribution in [2.45, 2.75) is 12.2 Å². The lowest BCUT2D eigenvalue weighted by atomic mass is 10.2. The zero-order valence-corrected chi connectivity index (χ0v) is 18.5. The quantitative estimate of drug-likeness (QED) is 0.647. The molecular weight excluding hydrogens is 432 g/mol. The van der Waals surface area contributed by atoms with Crippen LogP contribution >= 0.6 is 11.8 Å². The van der Waals surface area contributed by atoms with Crippen molar-refractivity contribution >= 4 is 46.5 Å². The molecule has 166 valence electrons. The molecule has 0 saturated carbocycles. The third-order valence-electron chi connectivity index (χ3n) is 4.46. The molecule has 9 nitrogen and oxygen atoms in total. The van der Waals surface area contributed by atoms with Gasteiger partial charge in [0, 0.05) is 6.07 Å². The number of rotatable bonds is 6. The average Bonchev–Trinajstić information content (AvgIpc) is 3.08. The summed E-state index contributed by atoms with van der Waals surface area (Å²) in [5.41, 5.74) is 6.52. The van der Waals surface area contributed by atoms with Crippen LogP contribution in [0.2, 0.25) is 0 Å². The number of nitrogens with zero attached hydrogens (tertiary/aromatic N) is 2.